The van der Waals surface area contributed by atoms with Crippen LogP contribution in [-0.4, -0.2) is 22.6 Å². The first-order chi connectivity index (χ1) is 7.65. The molecular weight excluding hydrogens is 355 g/mol. The Hall–Kier alpha value is -1.16. The molecule has 8 heteroatoms. The first kappa shape index (κ1) is 15.8. The number of nitro groups is 1. The van der Waals surface area contributed by atoms with Crippen LogP contribution in [0.2, 0.25) is 0 Å². The second-order valence-electron chi connectivity index (χ2n) is 2.70. The molecule has 0 saturated carbocycles. The van der Waals surface area contributed by atoms with E-state index in [4.69, 9.17) is 5.73 Å². The Morgan fingerprint density at radius 2 is 2.18 bits per heavy atom. The summed E-state index contributed by atoms with van der Waals surface area (Å²) in [5, 5.41) is 18.3. The van der Waals surface area contributed by atoms with E-state index in [1.165, 1.54) is 24.0 Å². The number of hydrogen-bond acceptors (Lipinski definition) is 5. The van der Waals surface area contributed by atoms with Crippen molar-refractivity contribution < 1.29 is 4.92 Å². The number of nitrogens with two attached hydrogens (primary N) is 1. The highest BCUT2D eigenvalue weighted by Gasteiger charge is 2.09. The van der Waals surface area contributed by atoms with Gasteiger partial charge in [-0.05, 0) is 12.3 Å². The molecule has 0 bridgehead atoms. The third kappa shape index (κ3) is 5.13. The Bertz CT molecular complexity index is 450. The van der Waals surface area contributed by atoms with E-state index in [9.17, 15) is 10.1 Å². The van der Waals surface area contributed by atoms with Gasteiger partial charge in [0.05, 0.1) is 16.7 Å². The lowest BCUT2D eigenvalue weighted by Crippen LogP contribution is -2.04. The highest BCUT2D eigenvalue weighted by molar-refractivity contribution is 14.0. The summed E-state index contributed by atoms with van der Waals surface area (Å²) in [4.78, 5) is 10.2. The average molecular weight is 366 g/mol. The number of halogens is 1. The molecule has 0 aliphatic carbocycles. The Kier molecular flexibility index (Phi) is 7.46. The number of hydrogen-bond donors (Lipinski definition) is 1. The lowest BCUT2D eigenvalue weighted by molar-refractivity contribution is -0.385. The lowest BCUT2D eigenvalue weighted by Gasteiger charge is -1.94. The van der Waals surface area contributed by atoms with Gasteiger partial charge >= 0.3 is 0 Å². The molecule has 0 aromatic heterocycles. The second kappa shape index (κ2) is 8.01. The molecule has 17 heavy (non-hydrogen) atoms. The molecule has 0 unspecified atom stereocenters. The first-order valence-electron chi connectivity index (χ1n) is 4.29. The lowest BCUT2D eigenvalue weighted by atomic mass is 10.2. The van der Waals surface area contributed by atoms with Crippen LogP contribution in [0.15, 0.2) is 34.5 Å². The topological polar surface area (TPSA) is 93.9 Å². The highest BCUT2D eigenvalue weighted by atomic mass is 127. The summed E-state index contributed by atoms with van der Waals surface area (Å²) in [7, 11) is 0. The summed E-state index contributed by atoms with van der Waals surface area (Å²) in [5.74, 6) is 0. The number of rotatable bonds is 3. The summed E-state index contributed by atoms with van der Waals surface area (Å²) >= 11 is 1.25. The van der Waals surface area contributed by atoms with E-state index in [0.29, 0.717) is 10.7 Å². The molecule has 1 aromatic carbocycles. The van der Waals surface area contributed by atoms with Crippen LogP contribution in [0, 0.1) is 10.1 Å². The van der Waals surface area contributed by atoms with Crippen molar-refractivity contribution in [1.82, 2.24) is 0 Å². The molecule has 0 amide bonds. The largest absolute Gasteiger partial charge is 0.377 e. The maximum atomic E-state index is 10.7. The molecular formula is C9H11IN4O2S. The fraction of sp³-hybridized carbons (Fsp3) is 0.111. The minimum absolute atomic E-state index is 0. The van der Waals surface area contributed by atoms with Crippen molar-refractivity contribution in [3.63, 3.8) is 0 Å². The SMILES string of the molecule is CSC(N)=NN=Cc1ccccc1[N+](=O)[O-].I. The van der Waals surface area contributed by atoms with Crippen molar-refractivity contribution in [2.24, 2.45) is 15.9 Å². The van der Waals surface area contributed by atoms with Gasteiger partial charge in [0.1, 0.15) is 0 Å². The quantitative estimate of drug-likeness (QED) is 0.292. The zero-order valence-electron chi connectivity index (χ0n) is 8.94. The Labute approximate surface area is 120 Å². The van der Waals surface area contributed by atoms with Crippen molar-refractivity contribution >= 4 is 52.8 Å². The van der Waals surface area contributed by atoms with Gasteiger partial charge in [0.2, 0.25) is 0 Å². The van der Waals surface area contributed by atoms with Gasteiger partial charge in [-0.15, -0.1) is 29.1 Å². The number of nitrogens with zero attached hydrogens (tertiary/aromatic N) is 3. The zero-order chi connectivity index (χ0) is 12.0. The van der Waals surface area contributed by atoms with Crippen LogP contribution in [0.25, 0.3) is 0 Å². The van der Waals surface area contributed by atoms with E-state index in [0.717, 1.165) is 0 Å². The van der Waals surface area contributed by atoms with Crippen LogP contribution >= 0.6 is 35.7 Å². The van der Waals surface area contributed by atoms with Crippen LogP contribution < -0.4 is 5.73 Å². The maximum Gasteiger partial charge on any atom is 0.278 e. The second-order valence-corrected chi connectivity index (χ2v) is 3.53. The van der Waals surface area contributed by atoms with Gasteiger partial charge < -0.3 is 5.73 Å². The normalized spacial score (nSPS) is 11.2. The van der Waals surface area contributed by atoms with Crippen molar-refractivity contribution in [2.45, 2.75) is 0 Å². The Morgan fingerprint density at radius 3 is 2.76 bits per heavy atom. The predicted octanol–water partition coefficient (Wildman–Crippen LogP) is 2.22. The number of benzene rings is 1. The molecule has 0 aliphatic rings. The minimum Gasteiger partial charge on any atom is -0.377 e. The molecule has 1 rings (SSSR count). The van der Waals surface area contributed by atoms with Crippen molar-refractivity contribution in [3.8, 4) is 0 Å². The summed E-state index contributed by atoms with van der Waals surface area (Å²) in [5.41, 5.74) is 5.78. The van der Waals surface area contributed by atoms with E-state index in [2.05, 4.69) is 10.2 Å². The molecule has 6 nitrogen and oxygen atoms in total. The van der Waals surface area contributed by atoms with Crippen LogP contribution in [0.1, 0.15) is 5.56 Å². The van der Waals surface area contributed by atoms with Gasteiger partial charge in [0.25, 0.3) is 5.69 Å². The number of para-hydroxylation sites is 1. The van der Waals surface area contributed by atoms with Gasteiger partial charge in [-0.3, -0.25) is 10.1 Å². The van der Waals surface area contributed by atoms with Gasteiger partial charge in [-0.1, -0.05) is 23.9 Å². The van der Waals surface area contributed by atoms with Crippen LogP contribution in [0.4, 0.5) is 5.69 Å². The third-order valence-corrected chi connectivity index (χ3v) is 2.20. The monoisotopic (exact) mass is 366 g/mol. The highest BCUT2D eigenvalue weighted by Crippen LogP contribution is 2.15. The summed E-state index contributed by atoms with van der Waals surface area (Å²) in [6, 6.07) is 6.28. The Balaban J connectivity index is 0.00000256. The van der Waals surface area contributed by atoms with Crippen LogP contribution in [0.5, 0.6) is 0 Å². The van der Waals surface area contributed by atoms with Crippen LogP contribution in [0.3, 0.4) is 0 Å². The molecule has 0 aliphatic heterocycles. The fourth-order valence-electron chi connectivity index (χ4n) is 0.952. The molecule has 0 spiro atoms. The van der Waals surface area contributed by atoms with E-state index < -0.39 is 4.92 Å². The van der Waals surface area contributed by atoms with E-state index >= 15 is 0 Å². The smallest absolute Gasteiger partial charge is 0.278 e. The van der Waals surface area contributed by atoms with Gasteiger partial charge in [-0.2, -0.15) is 5.10 Å². The van der Waals surface area contributed by atoms with Crippen LogP contribution in [-0.2, 0) is 0 Å². The summed E-state index contributed by atoms with van der Waals surface area (Å²) in [6.07, 6.45) is 3.07. The van der Waals surface area contributed by atoms with E-state index in [-0.39, 0.29) is 29.7 Å². The molecule has 0 saturated heterocycles. The molecule has 1 aromatic rings. The molecule has 2 N–H and O–H groups in total. The molecule has 0 heterocycles. The summed E-state index contributed by atoms with van der Waals surface area (Å²) in [6.45, 7) is 0. The average Bonchev–Trinajstić information content (AvgIpc) is 2.29. The number of amidine groups is 1. The minimum atomic E-state index is -0.469. The van der Waals surface area contributed by atoms with Gasteiger partial charge in [0.15, 0.2) is 5.17 Å². The predicted molar refractivity (Wildman–Crippen MR) is 81.2 cm³/mol. The molecule has 0 fully saturated rings. The van der Waals surface area contributed by atoms with Crippen molar-refractivity contribution in [3.05, 3.63) is 39.9 Å². The van der Waals surface area contributed by atoms with Crippen molar-refractivity contribution in [1.29, 1.82) is 0 Å². The third-order valence-electron chi connectivity index (χ3n) is 1.70. The molecule has 0 radical (unpaired) electrons. The maximum absolute atomic E-state index is 10.7. The summed E-state index contributed by atoms with van der Waals surface area (Å²) < 4.78 is 0. The fourth-order valence-corrected chi connectivity index (χ4v) is 1.08. The van der Waals surface area contributed by atoms with Crippen molar-refractivity contribution in [2.75, 3.05) is 6.26 Å². The standard InChI is InChI=1S/C9H10N4O2S.HI/c1-16-9(10)12-11-6-7-4-2-3-5-8(7)13(14)15;/h2-6H,1H3,(H2,10,12);1H. The zero-order valence-corrected chi connectivity index (χ0v) is 12.1. The first-order valence-corrected chi connectivity index (χ1v) is 5.51. The van der Waals surface area contributed by atoms with Gasteiger partial charge in [-0.25, -0.2) is 0 Å². The Morgan fingerprint density at radius 1 is 1.53 bits per heavy atom. The van der Waals surface area contributed by atoms with Gasteiger partial charge in [0, 0.05) is 6.07 Å². The molecule has 92 valence electrons. The molecule has 0 atom stereocenters. The number of nitro benzene ring substituents is 1. The van der Waals surface area contributed by atoms with E-state index in [1.807, 2.05) is 0 Å². The number of thioether (sulfide) groups is 1. The van der Waals surface area contributed by atoms with E-state index in [1.54, 1.807) is 24.5 Å².